The quantitative estimate of drug-likeness (QED) is 0.392. The Labute approximate surface area is 146 Å². The van der Waals surface area contributed by atoms with Crippen LogP contribution in [0.15, 0.2) is 54.7 Å². The first-order chi connectivity index (χ1) is 11.8. The zero-order chi connectivity index (χ0) is 17.0. The van der Waals surface area contributed by atoms with E-state index in [1.54, 1.807) is 24.0 Å². The van der Waals surface area contributed by atoms with Crippen LogP contribution >= 0.6 is 11.8 Å². The van der Waals surface area contributed by atoms with E-state index < -0.39 is 0 Å². The molecule has 0 unspecified atom stereocenters. The van der Waals surface area contributed by atoms with Crippen LogP contribution in [0.4, 0.5) is 0 Å². The Bertz CT molecular complexity index is 641. The van der Waals surface area contributed by atoms with Gasteiger partial charge in [0.05, 0.1) is 5.69 Å². The van der Waals surface area contributed by atoms with Gasteiger partial charge in [0.15, 0.2) is 0 Å². The molecule has 4 nitrogen and oxygen atoms in total. The smallest absolute Gasteiger partial charge is 0.330 e. The Morgan fingerprint density at radius 1 is 1.21 bits per heavy atom. The van der Waals surface area contributed by atoms with Crippen LogP contribution < -0.4 is 4.74 Å². The summed E-state index contributed by atoms with van der Waals surface area (Å²) in [5, 5.41) is 0. The van der Waals surface area contributed by atoms with Crippen molar-refractivity contribution in [3.8, 4) is 5.75 Å². The van der Waals surface area contributed by atoms with Gasteiger partial charge in [-0.05, 0) is 41.7 Å². The molecule has 5 heteroatoms. The Balaban J connectivity index is 1.77. The number of rotatable bonds is 9. The number of ether oxygens (including phenoxy) is 2. The molecule has 24 heavy (non-hydrogen) atoms. The number of benzene rings is 1. The highest BCUT2D eigenvalue weighted by atomic mass is 32.2. The average molecular weight is 343 g/mol. The molecular formula is C19H21NO3S. The van der Waals surface area contributed by atoms with E-state index in [1.165, 1.54) is 6.08 Å². The van der Waals surface area contributed by atoms with Gasteiger partial charge in [-0.25, -0.2) is 4.79 Å². The lowest BCUT2D eigenvalue weighted by Gasteiger charge is -2.05. The van der Waals surface area contributed by atoms with Crippen molar-refractivity contribution in [3.63, 3.8) is 0 Å². The van der Waals surface area contributed by atoms with Crippen LogP contribution in [0.2, 0.25) is 0 Å². The van der Waals surface area contributed by atoms with Crippen LogP contribution in [0.1, 0.15) is 18.2 Å². The van der Waals surface area contributed by atoms with Gasteiger partial charge in [0.2, 0.25) is 0 Å². The number of esters is 1. The SMILES string of the molecule is CCSCCOC(=O)/C=C/c1ccc(OCc2ccccn2)cc1. The molecule has 1 aromatic carbocycles. The maximum atomic E-state index is 11.6. The standard InChI is InChI=1S/C19H21NO3S/c1-2-24-14-13-22-19(21)11-8-16-6-9-18(10-7-16)23-15-17-5-3-4-12-20-17/h3-12H,2,13-15H2,1H3/b11-8+. The largest absolute Gasteiger partial charge is 0.487 e. The fraction of sp³-hybridized carbons (Fsp3) is 0.263. The summed E-state index contributed by atoms with van der Waals surface area (Å²) in [6.45, 7) is 2.95. The van der Waals surface area contributed by atoms with Crippen molar-refractivity contribution in [1.82, 2.24) is 4.98 Å². The molecule has 0 atom stereocenters. The number of thioether (sulfide) groups is 1. The molecule has 0 N–H and O–H groups in total. The number of nitrogens with zero attached hydrogens (tertiary/aromatic N) is 1. The Hall–Kier alpha value is -2.27. The summed E-state index contributed by atoms with van der Waals surface area (Å²) in [5.41, 5.74) is 1.80. The molecular weight excluding hydrogens is 322 g/mol. The van der Waals surface area contributed by atoms with Gasteiger partial charge in [-0.1, -0.05) is 25.1 Å². The van der Waals surface area contributed by atoms with E-state index in [1.807, 2.05) is 42.5 Å². The number of aromatic nitrogens is 1. The molecule has 0 spiro atoms. The topological polar surface area (TPSA) is 48.4 Å². The Morgan fingerprint density at radius 2 is 2.04 bits per heavy atom. The lowest BCUT2D eigenvalue weighted by atomic mass is 10.2. The minimum atomic E-state index is -0.317. The molecule has 2 aromatic rings. The Kier molecular flexibility index (Phi) is 7.90. The van der Waals surface area contributed by atoms with E-state index in [4.69, 9.17) is 9.47 Å². The molecule has 0 aliphatic rings. The van der Waals surface area contributed by atoms with Crippen molar-refractivity contribution in [2.45, 2.75) is 13.5 Å². The number of hydrogen-bond donors (Lipinski definition) is 0. The third kappa shape index (κ3) is 6.87. The molecule has 0 bridgehead atoms. The van der Waals surface area contributed by atoms with Crippen molar-refractivity contribution in [3.05, 3.63) is 66.0 Å². The monoisotopic (exact) mass is 343 g/mol. The second kappa shape index (κ2) is 10.5. The van der Waals surface area contributed by atoms with Crippen LogP contribution in [0, 0.1) is 0 Å². The molecule has 0 radical (unpaired) electrons. The summed E-state index contributed by atoms with van der Waals surface area (Å²) >= 11 is 1.75. The fourth-order valence-electron chi connectivity index (χ4n) is 1.87. The predicted octanol–water partition coefficient (Wildman–Crippen LogP) is 3.97. The molecule has 0 saturated heterocycles. The highest BCUT2D eigenvalue weighted by Crippen LogP contribution is 2.14. The van der Waals surface area contributed by atoms with Crippen molar-refractivity contribution >= 4 is 23.8 Å². The second-order valence-electron chi connectivity index (χ2n) is 4.88. The average Bonchev–Trinajstić information content (AvgIpc) is 2.63. The maximum absolute atomic E-state index is 11.6. The first kappa shape index (κ1) is 18.1. The third-order valence-electron chi connectivity index (χ3n) is 3.08. The van der Waals surface area contributed by atoms with Gasteiger partial charge in [0.1, 0.15) is 19.0 Å². The molecule has 2 rings (SSSR count). The minimum Gasteiger partial charge on any atom is -0.487 e. The summed E-state index contributed by atoms with van der Waals surface area (Å²) < 4.78 is 10.8. The molecule has 0 aliphatic carbocycles. The summed E-state index contributed by atoms with van der Waals surface area (Å²) in [6, 6.07) is 13.2. The van der Waals surface area contributed by atoms with Crippen molar-refractivity contribution in [2.75, 3.05) is 18.1 Å². The first-order valence-corrected chi connectivity index (χ1v) is 8.98. The molecule has 0 fully saturated rings. The summed E-state index contributed by atoms with van der Waals surface area (Å²) in [5.74, 6) is 2.31. The van der Waals surface area contributed by atoms with Gasteiger partial charge < -0.3 is 9.47 Å². The highest BCUT2D eigenvalue weighted by molar-refractivity contribution is 7.99. The second-order valence-corrected chi connectivity index (χ2v) is 6.27. The molecule has 0 amide bonds. The number of carbonyl (C=O) groups is 1. The van der Waals surface area contributed by atoms with Gasteiger partial charge in [0, 0.05) is 18.0 Å². The predicted molar refractivity (Wildman–Crippen MR) is 98.0 cm³/mol. The van der Waals surface area contributed by atoms with E-state index in [2.05, 4.69) is 11.9 Å². The maximum Gasteiger partial charge on any atom is 0.330 e. The van der Waals surface area contributed by atoms with Crippen LogP contribution in [0.25, 0.3) is 6.08 Å². The summed E-state index contributed by atoms with van der Waals surface area (Å²) in [4.78, 5) is 15.8. The van der Waals surface area contributed by atoms with E-state index in [9.17, 15) is 4.79 Å². The van der Waals surface area contributed by atoms with E-state index >= 15 is 0 Å². The van der Waals surface area contributed by atoms with E-state index in [0.29, 0.717) is 13.2 Å². The molecule has 1 heterocycles. The molecule has 0 saturated carbocycles. The van der Waals surface area contributed by atoms with Crippen molar-refractivity contribution < 1.29 is 14.3 Å². The lowest BCUT2D eigenvalue weighted by Crippen LogP contribution is -2.04. The lowest BCUT2D eigenvalue weighted by molar-refractivity contribution is -0.137. The molecule has 0 aliphatic heterocycles. The summed E-state index contributed by atoms with van der Waals surface area (Å²) in [7, 11) is 0. The Morgan fingerprint density at radius 3 is 2.75 bits per heavy atom. The number of pyridine rings is 1. The van der Waals surface area contributed by atoms with Crippen LogP contribution in [0.5, 0.6) is 5.75 Å². The zero-order valence-electron chi connectivity index (χ0n) is 13.7. The third-order valence-corrected chi connectivity index (χ3v) is 3.94. The van der Waals surface area contributed by atoms with Gasteiger partial charge in [-0.3, -0.25) is 4.98 Å². The van der Waals surface area contributed by atoms with Crippen molar-refractivity contribution in [1.29, 1.82) is 0 Å². The van der Waals surface area contributed by atoms with Gasteiger partial charge in [-0.2, -0.15) is 11.8 Å². The molecule has 126 valence electrons. The summed E-state index contributed by atoms with van der Waals surface area (Å²) in [6.07, 6.45) is 4.92. The van der Waals surface area contributed by atoms with E-state index in [-0.39, 0.29) is 5.97 Å². The number of hydrogen-bond acceptors (Lipinski definition) is 5. The first-order valence-electron chi connectivity index (χ1n) is 7.83. The van der Waals surface area contributed by atoms with Gasteiger partial charge in [0.25, 0.3) is 0 Å². The van der Waals surface area contributed by atoms with Crippen LogP contribution in [0.3, 0.4) is 0 Å². The van der Waals surface area contributed by atoms with Crippen LogP contribution in [-0.4, -0.2) is 29.1 Å². The van der Waals surface area contributed by atoms with Gasteiger partial charge in [-0.15, -0.1) is 0 Å². The number of carbonyl (C=O) groups excluding carboxylic acids is 1. The van der Waals surface area contributed by atoms with E-state index in [0.717, 1.165) is 28.5 Å². The minimum absolute atomic E-state index is 0.317. The molecule has 1 aromatic heterocycles. The fourth-order valence-corrected chi connectivity index (χ4v) is 2.36. The van der Waals surface area contributed by atoms with Crippen molar-refractivity contribution in [2.24, 2.45) is 0 Å². The van der Waals surface area contributed by atoms with Gasteiger partial charge >= 0.3 is 5.97 Å². The zero-order valence-corrected chi connectivity index (χ0v) is 14.5. The highest BCUT2D eigenvalue weighted by Gasteiger charge is 1.99. The normalized spacial score (nSPS) is 10.7. The van der Waals surface area contributed by atoms with Crippen LogP contribution in [-0.2, 0) is 16.1 Å².